The monoisotopic (exact) mass is 396 g/mol. The number of fused-ring (bicyclic) bond motifs is 1. The van der Waals surface area contributed by atoms with Crippen LogP contribution in [0.5, 0.6) is 0 Å². The maximum absolute atomic E-state index is 9.31. The molecule has 0 saturated carbocycles. The number of nitrogen functional groups attached to an aromatic ring is 2. The van der Waals surface area contributed by atoms with E-state index in [9.17, 15) is 5.26 Å². The zero-order valence-corrected chi connectivity index (χ0v) is 14.7. The van der Waals surface area contributed by atoms with Crippen molar-refractivity contribution in [3.05, 3.63) is 44.9 Å². The van der Waals surface area contributed by atoms with Crippen LogP contribution in [-0.2, 0) is 0 Å². The predicted octanol–water partition coefficient (Wildman–Crippen LogP) is 2.13. The number of nitrogens with zero attached hydrogens (tertiary/aromatic N) is 4. The van der Waals surface area contributed by atoms with Gasteiger partial charge in [-0.05, 0) is 24.1 Å². The molecule has 1 aliphatic rings. The van der Waals surface area contributed by atoms with Crippen molar-refractivity contribution in [1.82, 2.24) is 10.3 Å². The highest BCUT2D eigenvalue weighted by Gasteiger charge is 2.29. The molecule has 1 unspecified atom stereocenters. The van der Waals surface area contributed by atoms with Crippen LogP contribution in [0, 0.1) is 29.7 Å². The molecule has 3 rings (SSSR count). The average Bonchev–Trinajstić information content (AvgIpc) is 2.57. The second-order valence-electron chi connectivity index (χ2n) is 5.41. The second-order valence-corrected chi connectivity index (χ2v) is 6.26. The molecule has 2 aromatic rings. The summed E-state index contributed by atoms with van der Waals surface area (Å²) in [5, 5.41) is 23.5. The van der Waals surface area contributed by atoms with E-state index in [1.54, 1.807) is 0 Å². The minimum Gasteiger partial charge on any atom is -0.397 e. The zero-order valence-electron chi connectivity index (χ0n) is 13.1. The smallest absolute Gasteiger partial charge is 0.211 e. The topological polar surface area (TPSA) is 149 Å². The van der Waals surface area contributed by atoms with E-state index in [0.717, 1.165) is 15.6 Å². The minimum absolute atomic E-state index is 0.0216. The summed E-state index contributed by atoms with van der Waals surface area (Å²) in [6.45, 7) is 1.97. The molecule has 0 radical (unpaired) electrons. The van der Waals surface area contributed by atoms with Gasteiger partial charge in [-0.15, -0.1) is 0 Å². The molecule has 0 amide bonds. The lowest BCUT2D eigenvalue weighted by molar-refractivity contribution is 0.845. The summed E-state index contributed by atoms with van der Waals surface area (Å²) in [6, 6.07) is 7.22. The summed E-state index contributed by atoms with van der Waals surface area (Å²) < 4.78 is 0.914. The Kier molecular flexibility index (Phi) is 4.17. The molecule has 124 valence electrons. The first-order valence-corrected chi connectivity index (χ1v) is 8.00. The molecule has 1 aromatic carbocycles. The standard InChI is InChI=1S/C16H13BrN8/c1-7-2-3-8(4-10(7)17)13-11-12(20)9(5-18)14(21)24-15(11)25-16(23-13)22-6-19/h2-4,13H,1H3,(H6,20,21,22,23,24,25). The third kappa shape index (κ3) is 2.82. The van der Waals surface area contributed by atoms with Crippen LogP contribution in [0.4, 0.5) is 17.3 Å². The lowest BCUT2D eigenvalue weighted by atomic mass is 9.94. The number of nitrogens with two attached hydrogens (primary N) is 2. The van der Waals surface area contributed by atoms with Crippen molar-refractivity contribution in [2.45, 2.75) is 13.0 Å². The van der Waals surface area contributed by atoms with Crippen LogP contribution in [0.3, 0.4) is 0 Å². The molecule has 0 saturated heterocycles. The van der Waals surface area contributed by atoms with Crippen molar-refractivity contribution < 1.29 is 0 Å². The fraction of sp³-hybridized carbons (Fsp3) is 0.125. The van der Waals surface area contributed by atoms with Gasteiger partial charge < -0.3 is 16.8 Å². The number of hydrogen-bond donors (Lipinski definition) is 4. The Bertz CT molecular complexity index is 983. The van der Waals surface area contributed by atoms with Crippen LogP contribution >= 0.6 is 15.9 Å². The van der Waals surface area contributed by atoms with Gasteiger partial charge in [0.1, 0.15) is 29.3 Å². The van der Waals surface area contributed by atoms with Gasteiger partial charge in [0.15, 0.2) is 6.19 Å². The molecule has 25 heavy (non-hydrogen) atoms. The number of benzene rings is 1. The van der Waals surface area contributed by atoms with E-state index < -0.39 is 6.04 Å². The SMILES string of the molecule is Cc1ccc(C2N=C(NC#N)Nc3nc(N)c(C#N)c(N)c32)cc1Br. The van der Waals surface area contributed by atoms with Gasteiger partial charge in [-0.2, -0.15) is 10.5 Å². The van der Waals surface area contributed by atoms with E-state index in [-0.39, 0.29) is 23.0 Å². The molecule has 0 bridgehead atoms. The molecule has 8 nitrogen and oxygen atoms in total. The molecule has 9 heteroatoms. The lowest BCUT2D eigenvalue weighted by Crippen LogP contribution is -2.32. The summed E-state index contributed by atoms with van der Waals surface area (Å²) in [5.41, 5.74) is 14.8. The van der Waals surface area contributed by atoms with Crippen LogP contribution in [0.2, 0.25) is 0 Å². The number of aryl methyl sites for hydroxylation is 1. The number of aromatic nitrogens is 1. The summed E-state index contributed by atoms with van der Waals surface area (Å²) in [4.78, 5) is 8.72. The summed E-state index contributed by atoms with van der Waals surface area (Å²) in [7, 11) is 0. The highest BCUT2D eigenvalue weighted by molar-refractivity contribution is 9.10. The van der Waals surface area contributed by atoms with Crippen LogP contribution < -0.4 is 22.1 Å². The van der Waals surface area contributed by atoms with Crippen LogP contribution in [0.15, 0.2) is 27.7 Å². The van der Waals surface area contributed by atoms with E-state index in [4.69, 9.17) is 16.7 Å². The van der Waals surface area contributed by atoms with Gasteiger partial charge in [-0.1, -0.05) is 28.1 Å². The third-order valence-corrected chi connectivity index (χ3v) is 4.72. The number of guanidine groups is 1. The number of pyridine rings is 1. The number of anilines is 3. The Hall–Kier alpha value is -3.30. The van der Waals surface area contributed by atoms with Crippen molar-refractivity contribution in [3.8, 4) is 12.3 Å². The van der Waals surface area contributed by atoms with Gasteiger partial charge in [0, 0.05) is 10.0 Å². The van der Waals surface area contributed by atoms with Crippen LogP contribution in [0.25, 0.3) is 0 Å². The molecule has 2 heterocycles. The molecular weight excluding hydrogens is 384 g/mol. The zero-order chi connectivity index (χ0) is 18.1. The van der Waals surface area contributed by atoms with Gasteiger partial charge in [0.05, 0.1) is 5.69 Å². The average molecular weight is 397 g/mol. The largest absolute Gasteiger partial charge is 0.397 e. The number of halogens is 1. The minimum atomic E-state index is -0.538. The van der Waals surface area contributed by atoms with Gasteiger partial charge in [0.2, 0.25) is 5.96 Å². The highest BCUT2D eigenvalue weighted by atomic mass is 79.9. The predicted molar refractivity (Wildman–Crippen MR) is 98.3 cm³/mol. The van der Waals surface area contributed by atoms with Crippen molar-refractivity contribution in [1.29, 1.82) is 10.5 Å². The first kappa shape index (κ1) is 16.6. The molecule has 1 aliphatic heterocycles. The molecular formula is C16H13BrN8. The number of rotatable bonds is 1. The van der Waals surface area contributed by atoms with Crippen molar-refractivity contribution in [2.75, 3.05) is 16.8 Å². The van der Waals surface area contributed by atoms with Crippen molar-refractivity contribution in [2.24, 2.45) is 4.99 Å². The Morgan fingerprint density at radius 2 is 2.08 bits per heavy atom. The van der Waals surface area contributed by atoms with Crippen LogP contribution in [-0.4, -0.2) is 10.9 Å². The molecule has 0 aliphatic carbocycles. The summed E-state index contributed by atoms with van der Waals surface area (Å²) in [6.07, 6.45) is 1.82. The van der Waals surface area contributed by atoms with E-state index in [1.165, 1.54) is 0 Å². The Balaban J connectivity index is 2.25. The Labute approximate surface area is 152 Å². The Morgan fingerprint density at radius 1 is 1.32 bits per heavy atom. The first-order chi connectivity index (χ1) is 12.0. The normalized spacial score (nSPS) is 15.2. The third-order valence-electron chi connectivity index (χ3n) is 3.87. The second kappa shape index (κ2) is 6.30. The highest BCUT2D eigenvalue weighted by Crippen LogP contribution is 2.41. The molecule has 1 atom stereocenters. The summed E-state index contributed by atoms with van der Waals surface area (Å²) in [5.74, 6) is 0.615. The number of hydrogen-bond acceptors (Lipinski definition) is 8. The van der Waals surface area contributed by atoms with Gasteiger partial charge in [-0.3, -0.25) is 5.32 Å². The van der Waals surface area contributed by atoms with Gasteiger partial charge in [0.25, 0.3) is 0 Å². The summed E-state index contributed by atoms with van der Waals surface area (Å²) >= 11 is 3.51. The van der Waals surface area contributed by atoms with Gasteiger partial charge in [-0.25, -0.2) is 9.98 Å². The maximum Gasteiger partial charge on any atom is 0.211 e. The fourth-order valence-corrected chi connectivity index (χ4v) is 3.00. The first-order valence-electron chi connectivity index (χ1n) is 7.21. The molecule has 6 N–H and O–H groups in total. The molecule has 0 fully saturated rings. The number of aliphatic imine (C=N–C) groups is 1. The van der Waals surface area contributed by atoms with Crippen LogP contribution in [0.1, 0.15) is 28.3 Å². The maximum atomic E-state index is 9.31. The van der Waals surface area contributed by atoms with Crippen molar-refractivity contribution in [3.63, 3.8) is 0 Å². The Morgan fingerprint density at radius 3 is 2.72 bits per heavy atom. The van der Waals surface area contributed by atoms with Crippen molar-refractivity contribution >= 4 is 39.2 Å². The van der Waals surface area contributed by atoms with E-state index in [0.29, 0.717) is 11.4 Å². The number of nitriles is 2. The fourth-order valence-electron chi connectivity index (χ4n) is 2.60. The van der Waals surface area contributed by atoms with E-state index in [1.807, 2.05) is 37.4 Å². The quantitative estimate of drug-likeness (QED) is 0.425. The lowest BCUT2D eigenvalue weighted by Gasteiger charge is -2.26. The van der Waals surface area contributed by atoms with E-state index in [2.05, 4.69) is 36.5 Å². The van der Waals surface area contributed by atoms with E-state index >= 15 is 0 Å². The van der Waals surface area contributed by atoms with Gasteiger partial charge >= 0.3 is 0 Å². The number of nitrogens with one attached hydrogen (secondary N) is 2. The molecule has 1 aromatic heterocycles. The molecule has 0 spiro atoms.